The van der Waals surface area contributed by atoms with Crippen LogP contribution in [-0.4, -0.2) is 5.11 Å². The summed E-state index contributed by atoms with van der Waals surface area (Å²) in [6.45, 7) is 3.67. The summed E-state index contributed by atoms with van der Waals surface area (Å²) in [6.07, 6.45) is -0.446. The smallest absolute Gasteiger partial charge is 0.0764 e. The van der Waals surface area contributed by atoms with Crippen LogP contribution in [0, 0.1) is 6.92 Å². The minimum atomic E-state index is -0.446. The van der Waals surface area contributed by atoms with E-state index in [4.69, 9.17) is 11.6 Å². The highest BCUT2D eigenvalue weighted by molar-refractivity contribution is 9.10. The molecule has 0 aromatic heterocycles. The van der Waals surface area contributed by atoms with Crippen molar-refractivity contribution in [2.45, 2.75) is 20.0 Å². The van der Waals surface area contributed by atoms with Crippen LogP contribution in [0.3, 0.4) is 0 Å². The molecular formula is C9H10BrClO. The van der Waals surface area contributed by atoms with Gasteiger partial charge in [0.25, 0.3) is 0 Å². The number of rotatable bonds is 1. The average molecular weight is 250 g/mol. The van der Waals surface area contributed by atoms with Gasteiger partial charge in [-0.1, -0.05) is 17.7 Å². The van der Waals surface area contributed by atoms with Gasteiger partial charge in [0.2, 0.25) is 0 Å². The van der Waals surface area contributed by atoms with Crippen LogP contribution in [0.15, 0.2) is 16.6 Å². The summed E-state index contributed by atoms with van der Waals surface area (Å²) < 4.78 is 0.863. The van der Waals surface area contributed by atoms with Gasteiger partial charge in [0.1, 0.15) is 0 Å². The third-order valence-electron chi connectivity index (χ3n) is 1.83. The zero-order chi connectivity index (χ0) is 9.30. The van der Waals surface area contributed by atoms with E-state index in [1.54, 1.807) is 13.0 Å². The largest absolute Gasteiger partial charge is 0.389 e. The highest BCUT2D eigenvalue weighted by Crippen LogP contribution is 2.30. The molecule has 1 aromatic carbocycles. The zero-order valence-electron chi connectivity index (χ0n) is 6.94. The first-order chi connectivity index (χ1) is 5.54. The molecule has 0 radical (unpaired) electrons. The van der Waals surface area contributed by atoms with Gasteiger partial charge in [0.15, 0.2) is 0 Å². The maximum Gasteiger partial charge on any atom is 0.0764 e. The van der Waals surface area contributed by atoms with Crippen LogP contribution < -0.4 is 0 Å². The van der Waals surface area contributed by atoms with E-state index in [-0.39, 0.29) is 0 Å². The van der Waals surface area contributed by atoms with Crippen molar-refractivity contribution in [2.75, 3.05) is 0 Å². The molecule has 3 heteroatoms. The molecule has 1 aromatic rings. The van der Waals surface area contributed by atoms with Gasteiger partial charge in [-0.15, -0.1) is 0 Å². The van der Waals surface area contributed by atoms with Crippen LogP contribution in [0.5, 0.6) is 0 Å². The standard InChI is InChI=1S/C9H10BrClO/c1-5-7(6(2)12)3-4-8(11)9(5)10/h3-4,6,12H,1-2H3. The minimum absolute atomic E-state index is 0.446. The van der Waals surface area contributed by atoms with Crippen molar-refractivity contribution in [2.24, 2.45) is 0 Å². The number of hydrogen-bond donors (Lipinski definition) is 1. The molecule has 0 aliphatic rings. The first kappa shape index (κ1) is 10.0. The summed E-state index contributed by atoms with van der Waals surface area (Å²) in [5.74, 6) is 0. The fourth-order valence-electron chi connectivity index (χ4n) is 1.12. The Kier molecular flexibility index (Phi) is 3.16. The van der Waals surface area contributed by atoms with Crippen molar-refractivity contribution in [1.29, 1.82) is 0 Å². The van der Waals surface area contributed by atoms with Gasteiger partial charge in [-0.05, 0) is 47.0 Å². The quantitative estimate of drug-likeness (QED) is 0.808. The molecule has 0 heterocycles. The van der Waals surface area contributed by atoms with Crippen LogP contribution in [0.4, 0.5) is 0 Å². The molecule has 1 nitrogen and oxygen atoms in total. The van der Waals surface area contributed by atoms with E-state index in [9.17, 15) is 5.11 Å². The lowest BCUT2D eigenvalue weighted by Crippen LogP contribution is -1.95. The van der Waals surface area contributed by atoms with E-state index < -0.39 is 6.10 Å². The fourth-order valence-corrected chi connectivity index (χ4v) is 1.69. The van der Waals surface area contributed by atoms with Gasteiger partial charge in [-0.3, -0.25) is 0 Å². The summed E-state index contributed by atoms with van der Waals surface area (Å²) in [7, 11) is 0. The summed E-state index contributed by atoms with van der Waals surface area (Å²) in [4.78, 5) is 0. The molecule has 0 amide bonds. The maximum atomic E-state index is 9.36. The first-order valence-corrected chi connectivity index (χ1v) is 4.83. The van der Waals surface area contributed by atoms with Crippen molar-refractivity contribution in [3.63, 3.8) is 0 Å². The van der Waals surface area contributed by atoms with Crippen molar-refractivity contribution in [1.82, 2.24) is 0 Å². The Labute approximate surface area is 85.5 Å². The molecule has 0 spiro atoms. The van der Waals surface area contributed by atoms with Crippen molar-refractivity contribution < 1.29 is 5.11 Å². The zero-order valence-corrected chi connectivity index (χ0v) is 9.28. The summed E-state index contributed by atoms with van der Waals surface area (Å²) >= 11 is 9.22. The van der Waals surface area contributed by atoms with Gasteiger partial charge in [-0.2, -0.15) is 0 Å². The second kappa shape index (κ2) is 3.77. The lowest BCUT2D eigenvalue weighted by molar-refractivity contribution is 0.198. The van der Waals surface area contributed by atoms with E-state index in [2.05, 4.69) is 15.9 Å². The Hall–Kier alpha value is -0.0500. The summed E-state index contributed by atoms with van der Waals surface area (Å²) in [6, 6.07) is 3.62. The van der Waals surface area contributed by atoms with E-state index in [0.29, 0.717) is 5.02 Å². The van der Waals surface area contributed by atoms with Crippen molar-refractivity contribution >= 4 is 27.5 Å². The summed E-state index contributed by atoms with van der Waals surface area (Å²) in [5, 5.41) is 10.0. The lowest BCUT2D eigenvalue weighted by Gasteiger charge is -2.10. The van der Waals surface area contributed by atoms with Crippen LogP contribution in [0.1, 0.15) is 24.2 Å². The lowest BCUT2D eigenvalue weighted by atomic mass is 10.1. The Balaban J connectivity index is 3.27. The van der Waals surface area contributed by atoms with Crippen LogP contribution in [0.25, 0.3) is 0 Å². The number of aliphatic hydroxyl groups excluding tert-OH is 1. The van der Waals surface area contributed by atoms with Gasteiger partial charge in [-0.25, -0.2) is 0 Å². The molecule has 1 unspecified atom stereocenters. The molecule has 0 saturated carbocycles. The molecule has 12 heavy (non-hydrogen) atoms. The molecule has 1 atom stereocenters. The normalized spacial score (nSPS) is 13.1. The summed E-state index contributed by atoms with van der Waals surface area (Å²) in [5.41, 5.74) is 1.91. The maximum absolute atomic E-state index is 9.36. The molecule has 0 bridgehead atoms. The number of hydrogen-bond acceptors (Lipinski definition) is 1. The molecule has 0 saturated heterocycles. The first-order valence-electron chi connectivity index (χ1n) is 3.66. The molecule has 1 N–H and O–H groups in total. The monoisotopic (exact) mass is 248 g/mol. The third-order valence-corrected chi connectivity index (χ3v) is 3.40. The Morgan fingerprint density at radius 2 is 2.08 bits per heavy atom. The van der Waals surface area contributed by atoms with E-state index in [1.165, 1.54) is 0 Å². The average Bonchev–Trinajstić information content (AvgIpc) is 2.00. The third kappa shape index (κ3) is 1.82. The number of halogens is 2. The van der Waals surface area contributed by atoms with Crippen molar-refractivity contribution in [3.8, 4) is 0 Å². The Morgan fingerprint density at radius 1 is 1.50 bits per heavy atom. The minimum Gasteiger partial charge on any atom is -0.389 e. The van der Waals surface area contributed by atoms with E-state index >= 15 is 0 Å². The second-order valence-electron chi connectivity index (χ2n) is 2.75. The van der Waals surface area contributed by atoms with Crippen LogP contribution in [0.2, 0.25) is 5.02 Å². The highest BCUT2D eigenvalue weighted by atomic mass is 79.9. The predicted molar refractivity (Wildman–Crippen MR) is 54.5 cm³/mol. The molecular weight excluding hydrogens is 239 g/mol. The molecule has 0 aliphatic heterocycles. The van der Waals surface area contributed by atoms with Gasteiger partial charge in [0.05, 0.1) is 11.1 Å². The SMILES string of the molecule is Cc1c(C(C)O)ccc(Cl)c1Br. The molecule has 1 rings (SSSR count). The molecule has 66 valence electrons. The van der Waals surface area contributed by atoms with E-state index in [0.717, 1.165) is 15.6 Å². The van der Waals surface area contributed by atoms with Gasteiger partial charge < -0.3 is 5.11 Å². The molecule has 0 fully saturated rings. The fraction of sp³-hybridized carbons (Fsp3) is 0.333. The van der Waals surface area contributed by atoms with Gasteiger partial charge in [0, 0.05) is 4.47 Å². The predicted octanol–water partition coefficient (Wildman–Crippen LogP) is 3.46. The Bertz CT molecular complexity index is 297. The Morgan fingerprint density at radius 3 is 2.58 bits per heavy atom. The number of benzene rings is 1. The van der Waals surface area contributed by atoms with E-state index in [1.807, 2.05) is 13.0 Å². The highest BCUT2D eigenvalue weighted by Gasteiger charge is 2.09. The second-order valence-corrected chi connectivity index (χ2v) is 3.95. The topological polar surface area (TPSA) is 20.2 Å². The van der Waals surface area contributed by atoms with Gasteiger partial charge >= 0.3 is 0 Å². The van der Waals surface area contributed by atoms with Crippen molar-refractivity contribution in [3.05, 3.63) is 32.8 Å². The molecule has 0 aliphatic carbocycles. The van der Waals surface area contributed by atoms with Crippen LogP contribution >= 0.6 is 27.5 Å². The number of aliphatic hydroxyl groups is 1. The van der Waals surface area contributed by atoms with Crippen LogP contribution in [-0.2, 0) is 0 Å².